The van der Waals surface area contributed by atoms with Crippen molar-refractivity contribution in [1.82, 2.24) is 0 Å². The van der Waals surface area contributed by atoms with Gasteiger partial charge < -0.3 is 33.8 Å². The van der Waals surface area contributed by atoms with E-state index in [1.807, 2.05) is 0 Å². The number of aliphatic hydroxyl groups excluding tert-OH is 1. The Bertz CT molecular complexity index is 1980. The highest BCUT2D eigenvalue weighted by molar-refractivity contribution is 7.47. The lowest BCUT2D eigenvalue weighted by Gasteiger charge is -2.21. The van der Waals surface area contributed by atoms with Gasteiger partial charge in [-0.2, -0.15) is 0 Å². The molecule has 3 N–H and O–H groups in total. The van der Waals surface area contributed by atoms with E-state index in [1.165, 1.54) is 218 Å². The van der Waals surface area contributed by atoms with Crippen LogP contribution in [0.3, 0.4) is 0 Å². The second-order valence-electron chi connectivity index (χ2n) is 31.0. The molecule has 0 saturated heterocycles. The molecule has 19 heteroatoms. The molecule has 0 aromatic rings. The van der Waals surface area contributed by atoms with E-state index >= 15 is 0 Å². The minimum Gasteiger partial charge on any atom is -0.462 e. The quantitative estimate of drug-likeness (QED) is 0.0222. The highest BCUT2D eigenvalue weighted by Crippen LogP contribution is 2.45. The van der Waals surface area contributed by atoms with Crippen LogP contribution in [-0.4, -0.2) is 96.7 Å². The third-order valence-electron chi connectivity index (χ3n) is 19.8. The molecule has 0 aromatic carbocycles. The predicted molar refractivity (Wildman–Crippen MR) is 414 cm³/mol. The molecule has 0 aliphatic carbocycles. The van der Waals surface area contributed by atoms with Crippen molar-refractivity contribution >= 4 is 39.5 Å². The minimum atomic E-state index is -4.96. The fourth-order valence-electron chi connectivity index (χ4n) is 12.5. The number of hydrogen-bond acceptors (Lipinski definition) is 15. The van der Waals surface area contributed by atoms with E-state index in [4.69, 9.17) is 37.0 Å². The van der Waals surface area contributed by atoms with E-state index in [9.17, 15) is 43.2 Å². The highest BCUT2D eigenvalue weighted by Gasteiger charge is 2.30. The molecule has 0 aliphatic heterocycles. The standard InChI is InChI=1S/C82H160O17P2/c1-9-74(7)60-52-44-36-28-22-17-15-13-11-12-14-16-18-23-31-39-48-56-64-81(86)99-78(69-93-80(85)63-55-47-41-33-35-43-51-59-73(5)6)71-97-101(90,91)95-67-76(83)66-94-100(88,89)96-70-77(68-92-79(84)62-54-46-38-30-26-25-29-37-45-53-61-75(8)10-2)98-82(87)65-57-49-40-32-24-20-19-21-27-34-42-50-58-72(3)4/h72-78,83H,9-71H2,1-8H3,(H,88,89)(H,90,91)/t74?,75?,76?,77-,78-/m1/s1. The van der Waals surface area contributed by atoms with Gasteiger partial charge in [-0.3, -0.25) is 37.3 Å². The van der Waals surface area contributed by atoms with Crippen molar-refractivity contribution in [3.05, 3.63) is 0 Å². The Morgan fingerprint density at radius 2 is 0.475 bits per heavy atom. The first-order valence-corrected chi connectivity index (χ1v) is 45.3. The largest absolute Gasteiger partial charge is 0.472 e. The lowest BCUT2D eigenvalue weighted by molar-refractivity contribution is -0.161. The number of carbonyl (C=O) groups is 4. The summed E-state index contributed by atoms with van der Waals surface area (Å²) in [7, 11) is -9.92. The van der Waals surface area contributed by atoms with Crippen LogP contribution >= 0.6 is 15.6 Å². The molecule has 7 atom stereocenters. The molecular weight excluding hydrogens is 1320 g/mol. The number of carbonyl (C=O) groups excluding carboxylic acids is 4. The van der Waals surface area contributed by atoms with Crippen LogP contribution in [0.4, 0.5) is 0 Å². The van der Waals surface area contributed by atoms with Crippen LogP contribution in [0.5, 0.6) is 0 Å². The van der Waals surface area contributed by atoms with Gasteiger partial charge in [-0.25, -0.2) is 9.13 Å². The SMILES string of the molecule is CCC(C)CCCCCCCCCCCCCCCCCCCCC(=O)O[C@H](COC(=O)CCCCCCCCCC(C)C)COP(=O)(O)OCC(O)COP(=O)(O)OC[C@@H](COC(=O)CCCCCCCCCCCCC(C)CC)OC(=O)CCCCCCCCCCCCCCC(C)C. The molecule has 0 amide bonds. The first kappa shape index (κ1) is 99.1. The Morgan fingerprint density at radius 1 is 0.277 bits per heavy atom. The zero-order valence-electron chi connectivity index (χ0n) is 66.5. The summed E-state index contributed by atoms with van der Waals surface area (Å²) in [5.74, 6) is 1.05. The van der Waals surface area contributed by atoms with E-state index in [-0.39, 0.29) is 25.7 Å². The summed E-state index contributed by atoms with van der Waals surface area (Å²) in [5, 5.41) is 10.6. The van der Waals surface area contributed by atoms with Crippen molar-refractivity contribution in [1.29, 1.82) is 0 Å². The number of ether oxygens (including phenoxy) is 4. The van der Waals surface area contributed by atoms with E-state index < -0.39 is 97.5 Å². The molecule has 0 radical (unpaired) electrons. The number of rotatable bonds is 79. The number of aliphatic hydroxyl groups is 1. The van der Waals surface area contributed by atoms with Crippen molar-refractivity contribution in [2.75, 3.05) is 39.6 Å². The molecule has 5 unspecified atom stereocenters. The Hall–Kier alpha value is -1.94. The number of phosphoric acid groups is 2. The van der Waals surface area contributed by atoms with E-state index in [0.29, 0.717) is 31.6 Å². The minimum absolute atomic E-state index is 0.106. The number of hydrogen-bond donors (Lipinski definition) is 3. The summed E-state index contributed by atoms with van der Waals surface area (Å²) in [5.41, 5.74) is 0. The maximum atomic E-state index is 13.1. The van der Waals surface area contributed by atoms with Crippen LogP contribution in [0, 0.1) is 23.7 Å². The van der Waals surface area contributed by atoms with Crippen LogP contribution in [0.25, 0.3) is 0 Å². The normalized spacial score (nSPS) is 14.5. The molecule has 600 valence electrons. The molecule has 101 heavy (non-hydrogen) atoms. The number of phosphoric ester groups is 2. The summed E-state index contributed by atoms with van der Waals surface area (Å²) >= 11 is 0. The Morgan fingerprint density at radius 3 is 0.703 bits per heavy atom. The van der Waals surface area contributed by atoms with E-state index in [1.54, 1.807) is 0 Å². The van der Waals surface area contributed by atoms with Crippen LogP contribution in [0.2, 0.25) is 0 Å². The second kappa shape index (κ2) is 71.0. The summed E-state index contributed by atoms with van der Waals surface area (Å²) < 4.78 is 68.7. The van der Waals surface area contributed by atoms with E-state index in [2.05, 4.69) is 55.4 Å². The van der Waals surface area contributed by atoms with Crippen LogP contribution in [-0.2, 0) is 65.4 Å². The van der Waals surface area contributed by atoms with E-state index in [0.717, 1.165) is 114 Å². The molecule has 0 rings (SSSR count). The summed E-state index contributed by atoms with van der Waals surface area (Å²) in [6.07, 6.45) is 58.3. The van der Waals surface area contributed by atoms with Crippen molar-refractivity contribution < 1.29 is 80.2 Å². The first-order chi connectivity index (χ1) is 48.7. The van der Waals surface area contributed by atoms with Crippen LogP contribution < -0.4 is 0 Å². The van der Waals surface area contributed by atoms with Gasteiger partial charge in [0.25, 0.3) is 0 Å². The van der Waals surface area contributed by atoms with Crippen molar-refractivity contribution in [2.24, 2.45) is 23.7 Å². The molecule has 0 saturated carbocycles. The molecule has 0 bridgehead atoms. The predicted octanol–water partition coefficient (Wildman–Crippen LogP) is 24.4. The van der Waals surface area contributed by atoms with Gasteiger partial charge in [0.1, 0.15) is 19.3 Å². The topological polar surface area (TPSA) is 237 Å². The van der Waals surface area contributed by atoms with Crippen LogP contribution in [0.15, 0.2) is 0 Å². The maximum absolute atomic E-state index is 13.1. The monoisotopic (exact) mass is 1480 g/mol. The lowest BCUT2D eigenvalue weighted by atomic mass is 9.99. The van der Waals surface area contributed by atoms with Gasteiger partial charge in [0.2, 0.25) is 0 Å². The smallest absolute Gasteiger partial charge is 0.462 e. The third-order valence-corrected chi connectivity index (χ3v) is 21.7. The molecule has 0 heterocycles. The average molecular weight is 1480 g/mol. The summed E-state index contributed by atoms with van der Waals surface area (Å²) in [6.45, 7) is 14.3. The highest BCUT2D eigenvalue weighted by atomic mass is 31.2. The van der Waals surface area contributed by atoms with Crippen LogP contribution in [0.1, 0.15) is 421 Å². The number of esters is 4. The number of unbranched alkanes of at least 4 members (excludes halogenated alkanes) is 43. The molecule has 0 aliphatic rings. The lowest BCUT2D eigenvalue weighted by Crippen LogP contribution is -2.30. The second-order valence-corrected chi connectivity index (χ2v) is 33.9. The fraction of sp³-hybridized carbons (Fsp3) is 0.951. The zero-order chi connectivity index (χ0) is 74.6. The maximum Gasteiger partial charge on any atom is 0.472 e. The van der Waals surface area contributed by atoms with Gasteiger partial charge in [0.05, 0.1) is 26.4 Å². The first-order valence-electron chi connectivity index (χ1n) is 42.3. The van der Waals surface area contributed by atoms with Gasteiger partial charge >= 0.3 is 39.5 Å². The Kier molecular flexibility index (Phi) is 69.6. The Labute approximate surface area is 619 Å². The Balaban J connectivity index is 5.20. The van der Waals surface area contributed by atoms with Gasteiger partial charge in [0, 0.05) is 25.7 Å². The summed E-state index contributed by atoms with van der Waals surface area (Å²) in [6, 6.07) is 0. The van der Waals surface area contributed by atoms with Gasteiger partial charge in [-0.1, -0.05) is 370 Å². The summed E-state index contributed by atoms with van der Waals surface area (Å²) in [4.78, 5) is 73.0. The van der Waals surface area contributed by atoms with Crippen molar-refractivity contribution in [3.8, 4) is 0 Å². The molecular formula is C82H160O17P2. The molecule has 0 aromatic heterocycles. The fourth-order valence-corrected chi connectivity index (χ4v) is 14.1. The third kappa shape index (κ3) is 73.4. The van der Waals surface area contributed by atoms with Crippen molar-refractivity contribution in [3.63, 3.8) is 0 Å². The van der Waals surface area contributed by atoms with Gasteiger partial charge in [-0.05, 0) is 49.4 Å². The molecule has 0 fully saturated rings. The van der Waals surface area contributed by atoms with Gasteiger partial charge in [-0.15, -0.1) is 0 Å². The average Bonchev–Trinajstić information content (AvgIpc) is 1.15. The van der Waals surface area contributed by atoms with Gasteiger partial charge in [0.15, 0.2) is 12.2 Å². The van der Waals surface area contributed by atoms with Crippen molar-refractivity contribution in [2.45, 2.75) is 440 Å². The molecule has 17 nitrogen and oxygen atoms in total. The molecule has 0 spiro atoms. The zero-order valence-corrected chi connectivity index (χ0v) is 68.3.